The molecule has 4 aromatic rings. The summed E-state index contributed by atoms with van der Waals surface area (Å²) in [4.78, 5) is 17.7. The van der Waals surface area contributed by atoms with E-state index >= 15 is 0 Å². The number of halogens is 5. The molecule has 11 heteroatoms. The van der Waals surface area contributed by atoms with Crippen LogP contribution in [-0.2, 0) is 12.0 Å². The smallest absolute Gasteiger partial charge is 0.461 e. The molecule has 1 heterocycles. The maximum absolute atomic E-state index is 13.8. The van der Waals surface area contributed by atoms with Gasteiger partial charge in [0.15, 0.2) is 0 Å². The number of hydrogen-bond donors (Lipinski definition) is 1. The number of carbonyl (C=O) groups is 1. The molecule has 0 unspecified atom stereocenters. The Bertz CT molecular complexity index is 1420. The summed E-state index contributed by atoms with van der Waals surface area (Å²) < 4.78 is 68.3. The molecule has 3 aromatic carbocycles. The number of nitrogens with zero attached hydrogens (tertiary/aromatic N) is 1. The number of alkyl halides is 4. The zero-order valence-corrected chi connectivity index (χ0v) is 21.7. The SMILES string of the molecule is COc1ccc(OC(=O)N[C@](Cc2ccccc2)(c2cccc(OC(F)(F)C(F)F)c2)c2ccc(Cl)cn2)cc1. The molecule has 0 radical (unpaired) electrons. The van der Waals surface area contributed by atoms with Gasteiger partial charge in [-0.3, -0.25) is 4.98 Å². The zero-order valence-electron chi connectivity index (χ0n) is 21.0. The van der Waals surface area contributed by atoms with Crippen molar-refractivity contribution in [1.82, 2.24) is 10.3 Å². The fourth-order valence-electron chi connectivity index (χ4n) is 4.03. The fraction of sp³-hybridized carbons (Fsp3) is 0.172. The van der Waals surface area contributed by atoms with Crippen LogP contribution in [0.2, 0.25) is 5.02 Å². The van der Waals surface area contributed by atoms with Gasteiger partial charge >= 0.3 is 18.6 Å². The molecule has 0 aliphatic rings. The summed E-state index contributed by atoms with van der Waals surface area (Å²) in [5, 5.41) is 3.14. The number of methoxy groups -OCH3 is 1. The normalized spacial score (nSPS) is 12.9. The first-order valence-corrected chi connectivity index (χ1v) is 12.2. The van der Waals surface area contributed by atoms with Gasteiger partial charge < -0.3 is 19.5 Å². The molecule has 0 bridgehead atoms. The van der Waals surface area contributed by atoms with Crippen LogP contribution in [0.5, 0.6) is 17.2 Å². The summed E-state index contributed by atoms with van der Waals surface area (Å²) in [6.45, 7) is 0. The first-order valence-electron chi connectivity index (χ1n) is 11.9. The highest BCUT2D eigenvalue weighted by Crippen LogP contribution is 2.36. The minimum atomic E-state index is -4.74. The molecule has 1 aromatic heterocycles. The van der Waals surface area contributed by atoms with Crippen molar-refractivity contribution in [3.63, 3.8) is 0 Å². The van der Waals surface area contributed by atoms with Gasteiger partial charge in [-0.2, -0.15) is 17.6 Å². The minimum Gasteiger partial charge on any atom is -0.497 e. The van der Waals surface area contributed by atoms with Gasteiger partial charge in [0, 0.05) is 12.6 Å². The molecule has 6 nitrogen and oxygen atoms in total. The second-order valence-electron chi connectivity index (χ2n) is 8.61. The van der Waals surface area contributed by atoms with E-state index in [1.165, 1.54) is 37.6 Å². The van der Waals surface area contributed by atoms with Crippen LogP contribution in [0.4, 0.5) is 22.4 Å². The van der Waals surface area contributed by atoms with Crippen molar-refractivity contribution in [3.8, 4) is 17.2 Å². The van der Waals surface area contributed by atoms with Gasteiger partial charge in [-0.15, -0.1) is 0 Å². The highest BCUT2D eigenvalue weighted by Gasteiger charge is 2.45. The van der Waals surface area contributed by atoms with Gasteiger partial charge in [0.2, 0.25) is 0 Å². The van der Waals surface area contributed by atoms with E-state index < -0.39 is 29.9 Å². The molecular formula is C29H23ClF4N2O4. The number of hydrogen-bond acceptors (Lipinski definition) is 5. The largest absolute Gasteiger partial charge is 0.497 e. The molecule has 0 saturated carbocycles. The molecule has 0 aliphatic heterocycles. The van der Waals surface area contributed by atoms with Gasteiger partial charge in [-0.1, -0.05) is 54.1 Å². The summed E-state index contributed by atoms with van der Waals surface area (Å²) in [5.74, 6) is 0.207. The van der Waals surface area contributed by atoms with E-state index in [4.69, 9.17) is 21.1 Å². The first kappa shape index (κ1) is 28.7. The summed E-state index contributed by atoms with van der Waals surface area (Å²) in [5.41, 5.74) is -0.339. The molecular weight excluding hydrogens is 552 g/mol. The number of ether oxygens (including phenoxy) is 3. The Morgan fingerprint density at radius 3 is 2.25 bits per heavy atom. The van der Waals surface area contributed by atoms with Crippen molar-refractivity contribution in [3.05, 3.63) is 119 Å². The maximum atomic E-state index is 13.8. The van der Waals surface area contributed by atoms with E-state index in [1.807, 2.05) is 0 Å². The Labute approximate surface area is 232 Å². The lowest BCUT2D eigenvalue weighted by Crippen LogP contribution is -2.50. The van der Waals surface area contributed by atoms with Crippen LogP contribution in [0, 0.1) is 0 Å². The van der Waals surface area contributed by atoms with Crippen molar-refractivity contribution in [1.29, 1.82) is 0 Å². The van der Waals surface area contributed by atoms with Crippen molar-refractivity contribution < 1.29 is 36.6 Å². The Morgan fingerprint density at radius 2 is 1.62 bits per heavy atom. The first-order chi connectivity index (χ1) is 19.1. The molecule has 1 amide bonds. The highest BCUT2D eigenvalue weighted by atomic mass is 35.5. The van der Waals surface area contributed by atoms with Crippen LogP contribution in [0.1, 0.15) is 16.8 Å². The Morgan fingerprint density at radius 1 is 0.925 bits per heavy atom. The zero-order chi connectivity index (χ0) is 28.8. The Hall–Kier alpha value is -4.31. The third-order valence-corrected chi connectivity index (χ3v) is 6.12. The number of benzene rings is 3. The van der Waals surface area contributed by atoms with Crippen molar-refractivity contribution in [2.45, 2.75) is 24.5 Å². The van der Waals surface area contributed by atoms with Gasteiger partial charge in [0.05, 0.1) is 17.8 Å². The van der Waals surface area contributed by atoms with Gasteiger partial charge in [0.25, 0.3) is 0 Å². The summed E-state index contributed by atoms with van der Waals surface area (Å²) >= 11 is 6.07. The molecule has 0 aliphatic carbocycles. The fourth-order valence-corrected chi connectivity index (χ4v) is 4.14. The van der Waals surface area contributed by atoms with Crippen LogP contribution < -0.4 is 19.5 Å². The minimum absolute atomic E-state index is 0.0644. The number of rotatable bonds is 10. The van der Waals surface area contributed by atoms with E-state index in [-0.39, 0.29) is 23.4 Å². The number of aromatic nitrogens is 1. The third kappa shape index (κ3) is 6.81. The summed E-state index contributed by atoms with van der Waals surface area (Å²) in [6.07, 6.45) is -8.27. The molecule has 40 heavy (non-hydrogen) atoms. The van der Waals surface area contributed by atoms with Crippen molar-refractivity contribution in [2.24, 2.45) is 0 Å². The van der Waals surface area contributed by atoms with Crippen molar-refractivity contribution in [2.75, 3.05) is 7.11 Å². The second-order valence-corrected chi connectivity index (χ2v) is 9.05. The predicted octanol–water partition coefficient (Wildman–Crippen LogP) is 7.26. The second kappa shape index (κ2) is 12.3. The third-order valence-electron chi connectivity index (χ3n) is 5.90. The standard InChI is InChI=1S/C29H23ClF4N2O4/c1-38-22-11-13-23(14-12-22)39-27(37)36-28(17-19-6-3-2-4-7-19,25-15-10-21(30)18-35-25)20-8-5-9-24(16-20)40-29(33,34)26(31)32/h2-16,18,26H,17H2,1H3,(H,36,37)/t28-/m1/s1. The van der Waals surface area contributed by atoms with Crippen LogP contribution in [0.25, 0.3) is 0 Å². The monoisotopic (exact) mass is 574 g/mol. The average molecular weight is 575 g/mol. The number of amides is 1. The highest BCUT2D eigenvalue weighted by molar-refractivity contribution is 6.30. The van der Waals surface area contributed by atoms with Crippen LogP contribution in [0.3, 0.4) is 0 Å². The summed E-state index contributed by atoms with van der Waals surface area (Å²) in [7, 11) is 1.49. The van der Waals surface area contributed by atoms with Gasteiger partial charge in [0.1, 0.15) is 22.8 Å². The average Bonchev–Trinajstić information content (AvgIpc) is 2.94. The van der Waals surface area contributed by atoms with E-state index in [0.29, 0.717) is 10.8 Å². The summed E-state index contributed by atoms with van der Waals surface area (Å²) in [6, 6.07) is 23.5. The van der Waals surface area contributed by atoms with Crippen LogP contribution in [0.15, 0.2) is 97.2 Å². The Kier molecular flexibility index (Phi) is 8.79. The van der Waals surface area contributed by atoms with E-state index in [0.717, 1.165) is 17.7 Å². The van der Waals surface area contributed by atoms with Crippen LogP contribution in [-0.4, -0.2) is 30.7 Å². The number of carbonyl (C=O) groups excluding carboxylic acids is 1. The molecule has 4 rings (SSSR count). The predicted molar refractivity (Wildman–Crippen MR) is 140 cm³/mol. The van der Waals surface area contributed by atoms with Gasteiger partial charge in [-0.05, 0) is 59.7 Å². The van der Waals surface area contributed by atoms with E-state index in [1.54, 1.807) is 54.6 Å². The van der Waals surface area contributed by atoms with Gasteiger partial charge in [-0.25, -0.2) is 4.79 Å². The van der Waals surface area contributed by atoms with E-state index in [9.17, 15) is 22.4 Å². The molecule has 0 saturated heterocycles. The van der Waals surface area contributed by atoms with E-state index in [2.05, 4.69) is 15.0 Å². The molecule has 0 spiro atoms. The molecule has 208 valence electrons. The number of pyridine rings is 1. The lowest BCUT2D eigenvalue weighted by molar-refractivity contribution is -0.253. The molecule has 1 N–H and O–H groups in total. The number of nitrogens with one attached hydrogen (secondary N) is 1. The van der Waals surface area contributed by atoms with Crippen molar-refractivity contribution >= 4 is 17.7 Å². The van der Waals surface area contributed by atoms with Crippen LogP contribution >= 0.6 is 11.6 Å². The molecule has 0 fully saturated rings. The lowest BCUT2D eigenvalue weighted by atomic mass is 9.80. The quantitative estimate of drug-likeness (QED) is 0.202. The Balaban J connectivity index is 1.82. The topological polar surface area (TPSA) is 69.7 Å². The lowest BCUT2D eigenvalue weighted by Gasteiger charge is -2.35. The maximum Gasteiger partial charge on any atom is 0.461 e. The molecule has 1 atom stereocenters.